The van der Waals surface area contributed by atoms with E-state index in [0.29, 0.717) is 19.3 Å². The van der Waals surface area contributed by atoms with Crippen LogP contribution in [0.2, 0.25) is 0 Å². The molecule has 0 saturated carbocycles. The Labute approximate surface area is 383 Å². The van der Waals surface area contributed by atoms with Crippen molar-refractivity contribution >= 4 is 17.9 Å². The summed E-state index contributed by atoms with van der Waals surface area (Å²) in [5, 5.41) is 0. The van der Waals surface area contributed by atoms with Crippen LogP contribution in [0.4, 0.5) is 0 Å². The topological polar surface area (TPSA) is 78.9 Å². The number of esters is 3. The Morgan fingerprint density at radius 1 is 0.333 bits per heavy atom. The molecule has 0 aliphatic rings. The maximum atomic E-state index is 12.8. The van der Waals surface area contributed by atoms with Gasteiger partial charge in [-0.3, -0.25) is 14.4 Å². The molecule has 0 rings (SSSR count). The van der Waals surface area contributed by atoms with Gasteiger partial charge in [-0.25, -0.2) is 0 Å². The average molecular weight is 863 g/mol. The number of allylic oxidation sites excluding steroid dienone is 28. The Bertz CT molecular complexity index is 1550. The minimum absolute atomic E-state index is 0.161. The summed E-state index contributed by atoms with van der Waals surface area (Å²) in [7, 11) is 0. The first-order valence-corrected chi connectivity index (χ1v) is 23.7. The summed E-state index contributed by atoms with van der Waals surface area (Å²) < 4.78 is 16.6. The van der Waals surface area contributed by atoms with Crippen molar-refractivity contribution in [3.63, 3.8) is 0 Å². The summed E-state index contributed by atoms with van der Waals surface area (Å²) in [6.07, 6.45) is 73.5. The summed E-state index contributed by atoms with van der Waals surface area (Å²) in [5.41, 5.74) is 0. The third-order valence-electron chi connectivity index (χ3n) is 8.84. The molecule has 0 spiro atoms. The van der Waals surface area contributed by atoms with E-state index >= 15 is 0 Å². The molecule has 1 atom stereocenters. The van der Waals surface area contributed by atoms with Crippen LogP contribution < -0.4 is 0 Å². The van der Waals surface area contributed by atoms with Gasteiger partial charge >= 0.3 is 17.9 Å². The molecule has 0 N–H and O–H groups in total. The Kier molecular flexibility index (Phi) is 45.3. The van der Waals surface area contributed by atoms with E-state index < -0.39 is 12.1 Å². The number of unbranched alkanes of at least 4 members (excludes halogenated alkanes) is 4. The molecule has 0 fully saturated rings. The Morgan fingerprint density at radius 2 is 0.698 bits per heavy atom. The molecule has 1 unspecified atom stereocenters. The van der Waals surface area contributed by atoms with E-state index in [9.17, 15) is 14.4 Å². The average Bonchev–Trinajstić information content (AvgIpc) is 3.28. The highest BCUT2D eigenvalue weighted by Gasteiger charge is 2.19. The highest BCUT2D eigenvalue weighted by molar-refractivity contribution is 5.71. The molecule has 0 aliphatic heterocycles. The minimum atomic E-state index is -0.862. The number of carbonyl (C=O) groups excluding carboxylic acids is 3. The van der Waals surface area contributed by atoms with Crippen LogP contribution in [-0.2, 0) is 28.6 Å². The van der Waals surface area contributed by atoms with Gasteiger partial charge in [-0.2, -0.15) is 0 Å². The lowest BCUT2D eigenvalue weighted by molar-refractivity contribution is -0.166. The molecule has 63 heavy (non-hydrogen) atoms. The number of rotatable bonds is 39. The zero-order valence-corrected chi connectivity index (χ0v) is 39.2. The van der Waals surface area contributed by atoms with Crippen molar-refractivity contribution in [3.05, 3.63) is 170 Å². The van der Waals surface area contributed by atoms with Gasteiger partial charge < -0.3 is 14.2 Å². The smallest absolute Gasteiger partial charge is 0.306 e. The molecule has 0 amide bonds. The fraction of sp³-hybridized carbons (Fsp3) is 0.456. The van der Waals surface area contributed by atoms with E-state index in [2.05, 4.69) is 124 Å². The molecule has 0 heterocycles. The molecule has 0 radical (unpaired) electrons. The Hall–Kier alpha value is -5.23. The van der Waals surface area contributed by atoms with E-state index in [1.165, 1.54) is 0 Å². The van der Waals surface area contributed by atoms with Gasteiger partial charge in [0.2, 0.25) is 0 Å². The maximum absolute atomic E-state index is 12.8. The van der Waals surface area contributed by atoms with Gasteiger partial charge in [-0.1, -0.05) is 197 Å². The highest BCUT2D eigenvalue weighted by Crippen LogP contribution is 2.09. The van der Waals surface area contributed by atoms with Crippen molar-refractivity contribution in [2.45, 2.75) is 155 Å². The molecular weight excluding hydrogens is 781 g/mol. The number of hydrogen-bond acceptors (Lipinski definition) is 6. The van der Waals surface area contributed by atoms with Crippen LogP contribution in [-0.4, -0.2) is 37.2 Å². The van der Waals surface area contributed by atoms with Crippen molar-refractivity contribution in [1.82, 2.24) is 0 Å². The molecule has 0 aliphatic carbocycles. The van der Waals surface area contributed by atoms with Gasteiger partial charge in [0.25, 0.3) is 0 Å². The summed E-state index contributed by atoms with van der Waals surface area (Å²) in [5.74, 6) is -1.16. The first-order valence-electron chi connectivity index (χ1n) is 23.7. The molecular formula is C57H82O6. The van der Waals surface area contributed by atoms with Crippen LogP contribution in [0.5, 0.6) is 0 Å². The first kappa shape index (κ1) is 57.8. The molecule has 0 aromatic carbocycles. The Balaban J connectivity index is 4.71. The molecule has 0 saturated heterocycles. The van der Waals surface area contributed by atoms with Gasteiger partial charge in [0, 0.05) is 19.3 Å². The molecule has 0 aromatic rings. The normalized spacial score (nSPS) is 13.6. The van der Waals surface area contributed by atoms with E-state index in [0.717, 1.165) is 89.9 Å². The molecule has 346 valence electrons. The van der Waals surface area contributed by atoms with Gasteiger partial charge in [-0.15, -0.1) is 0 Å². The van der Waals surface area contributed by atoms with Crippen molar-refractivity contribution < 1.29 is 28.6 Å². The summed E-state index contributed by atoms with van der Waals surface area (Å²) in [6, 6.07) is 0. The van der Waals surface area contributed by atoms with E-state index in [1.807, 2.05) is 66.8 Å². The molecule has 0 aromatic heterocycles. The third-order valence-corrected chi connectivity index (χ3v) is 8.84. The lowest BCUT2D eigenvalue weighted by atomic mass is 10.1. The van der Waals surface area contributed by atoms with Gasteiger partial charge in [0.05, 0.1) is 0 Å². The largest absolute Gasteiger partial charge is 0.462 e. The number of ether oxygens (including phenoxy) is 3. The fourth-order valence-corrected chi connectivity index (χ4v) is 5.39. The monoisotopic (exact) mass is 863 g/mol. The van der Waals surface area contributed by atoms with Crippen molar-refractivity contribution in [1.29, 1.82) is 0 Å². The standard InChI is InChI=1S/C57H82O6/c1-4-7-10-13-16-19-22-25-27-29-32-35-38-41-44-47-50-56(59)62-53-54(52-61-55(58)49-46-43-40-37-34-31-24-21-18-15-12-9-6-3)63-57(60)51-48-45-42-39-36-33-30-28-26-23-20-17-14-11-8-5-2/h7-12,15-21,24-28,31-37,40-41,44,54H,4-6,13-14,22-23,29-30,38-39,42-43,45-53H2,1-3H3/b10-7+,11-8+,12-9+,18-15+,19-16+,20-17+,24-21+,27-25+,28-26+,34-31+,35-32+,36-33+,40-37+,44-41+. The predicted octanol–water partition coefficient (Wildman–Crippen LogP) is 15.6. The van der Waals surface area contributed by atoms with Gasteiger partial charge in [-0.05, 0) is 103 Å². The quantitative estimate of drug-likeness (QED) is 0.0201. The minimum Gasteiger partial charge on any atom is -0.462 e. The third kappa shape index (κ3) is 47.7. The van der Waals surface area contributed by atoms with Crippen molar-refractivity contribution in [2.75, 3.05) is 13.2 Å². The summed E-state index contributed by atoms with van der Waals surface area (Å²) in [4.78, 5) is 37.8. The lowest BCUT2D eigenvalue weighted by Gasteiger charge is -2.18. The highest BCUT2D eigenvalue weighted by atomic mass is 16.6. The van der Waals surface area contributed by atoms with E-state index in [-0.39, 0.29) is 44.4 Å². The van der Waals surface area contributed by atoms with E-state index in [1.54, 1.807) is 0 Å². The molecule has 6 nitrogen and oxygen atoms in total. The van der Waals surface area contributed by atoms with E-state index in [4.69, 9.17) is 14.2 Å². The van der Waals surface area contributed by atoms with Gasteiger partial charge in [0.15, 0.2) is 6.10 Å². The van der Waals surface area contributed by atoms with Crippen molar-refractivity contribution in [3.8, 4) is 0 Å². The van der Waals surface area contributed by atoms with Crippen LogP contribution in [0.25, 0.3) is 0 Å². The second kappa shape index (κ2) is 49.4. The first-order chi connectivity index (χ1) is 31.0. The molecule has 6 heteroatoms. The van der Waals surface area contributed by atoms with Crippen LogP contribution in [0.1, 0.15) is 149 Å². The molecule has 0 bridgehead atoms. The SMILES string of the molecule is CC/C=C/C=C/C=C/C=C/C=C/CCCC(=O)OCC(COC(=O)CC/C=C/C/C=C/C/C=C/C/C=C/C/C=C/CC)OC(=O)CCCCC/C=C/C/C=C/C/C=C/C/C=C/CC. The lowest BCUT2D eigenvalue weighted by Crippen LogP contribution is -2.30. The maximum Gasteiger partial charge on any atom is 0.306 e. The summed E-state index contributed by atoms with van der Waals surface area (Å²) in [6.45, 7) is 6.06. The zero-order chi connectivity index (χ0) is 45.8. The number of carbonyl (C=O) groups is 3. The second-order valence-electron chi connectivity index (χ2n) is 14.6. The van der Waals surface area contributed by atoms with Crippen LogP contribution in [0, 0.1) is 0 Å². The van der Waals surface area contributed by atoms with Crippen LogP contribution >= 0.6 is 0 Å². The summed E-state index contributed by atoms with van der Waals surface area (Å²) >= 11 is 0. The van der Waals surface area contributed by atoms with Crippen LogP contribution in [0.3, 0.4) is 0 Å². The Morgan fingerprint density at radius 3 is 1.17 bits per heavy atom. The van der Waals surface area contributed by atoms with Gasteiger partial charge in [0.1, 0.15) is 13.2 Å². The predicted molar refractivity (Wildman–Crippen MR) is 269 cm³/mol. The van der Waals surface area contributed by atoms with Crippen molar-refractivity contribution in [2.24, 2.45) is 0 Å². The fourth-order valence-electron chi connectivity index (χ4n) is 5.39. The second-order valence-corrected chi connectivity index (χ2v) is 14.6. The van der Waals surface area contributed by atoms with Crippen LogP contribution in [0.15, 0.2) is 170 Å². The number of hydrogen-bond donors (Lipinski definition) is 0. The zero-order valence-electron chi connectivity index (χ0n) is 39.2.